The van der Waals surface area contributed by atoms with Crippen LogP contribution in [0, 0.1) is 17.2 Å². The van der Waals surface area contributed by atoms with Crippen LogP contribution in [0.2, 0.25) is 0 Å². The Hall–Kier alpha value is -2.93. The summed E-state index contributed by atoms with van der Waals surface area (Å²) in [6.07, 6.45) is 1.10. The lowest BCUT2D eigenvalue weighted by molar-refractivity contribution is 0.647. The molecule has 0 unspecified atom stereocenters. The van der Waals surface area contributed by atoms with Crippen molar-refractivity contribution >= 4 is 0 Å². The van der Waals surface area contributed by atoms with Crippen LogP contribution < -0.4 is 0 Å². The van der Waals surface area contributed by atoms with E-state index in [4.69, 9.17) is 5.26 Å². The molecule has 4 nitrogen and oxygen atoms in total. The van der Waals surface area contributed by atoms with Gasteiger partial charge in [-0.15, -0.1) is 5.10 Å². The van der Waals surface area contributed by atoms with Gasteiger partial charge in [0.2, 0.25) is 0 Å². The molecule has 0 saturated carbocycles. The fourth-order valence-electron chi connectivity index (χ4n) is 2.63. The summed E-state index contributed by atoms with van der Waals surface area (Å²) in [6, 6.07) is 18.8. The Balaban J connectivity index is 1.84. The number of hydrogen-bond donors (Lipinski definition) is 1. The Morgan fingerprint density at radius 1 is 0.957 bits per heavy atom. The maximum absolute atomic E-state index is 9.03. The summed E-state index contributed by atoms with van der Waals surface area (Å²) in [5, 5.41) is 19.3. The number of nitrogens with one attached hydrogen (secondary N) is 1. The smallest absolute Gasteiger partial charge is 0.163 e. The number of hydrogen-bond acceptors (Lipinski definition) is 3. The van der Waals surface area contributed by atoms with Crippen molar-refractivity contribution in [3.05, 3.63) is 59.8 Å². The molecule has 0 aliphatic heterocycles. The Morgan fingerprint density at radius 3 is 2.09 bits per heavy atom. The van der Waals surface area contributed by atoms with Crippen LogP contribution in [-0.2, 0) is 6.42 Å². The average molecular weight is 302 g/mol. The van der Waals surface area contributed by atoms with E-state index in [1.165, 1.54) is 11.1 Å². The maximum atomic E-state index is 9.03. The summed E-state index contributed by atoms with van der Waals surface area (Å²) >= 11 is 0. The first-order valence-corrected chi connectivity index (χ1v) is 7.68. The SMILES string of the molecule is CC(C)Cc1ccc(-c2ccc(-c3nn[nH]c3C#N)cc2)cc1. The number of benzene rings is 2. The van der Waals surface area contributed by atoms with E-state index in [1.54, 1.807) is 0 Å². The van der Waals surface area contributed by atoms with E-state index in [9.17, 15) is 0 Å². The molecule has 1 aromatic heterocycles. The van der Waals surface area contributed by atoms with E-state index in [0.29, 0.717) is 17.3 Å². The van der Waals surface area contributed by atoms with Crippen molar-refractivity contribution in [2.24, 2.45) is 5.92 Å². The molecule has 0 aliphatic rings. The Morgan fingerprint density at radius 2 is 1.52 bits per heavy atom. The highest BCUT2D eigenvalue weighted by molar-refractivity contribution is 5.70. The van der Waals surface area contributed by atoms with Crippen molar-refractivity contribution < 1.29 is 0 Å². The average Bonchev–Trinajstić information content (AvgIpc) is 3.04. The maximum Gasteiger partial charge on any atom is 0.163 e. The fourth-order valence-corrected chi connectivity index (χ4v) is 2.63. The van der Waals surface area contributed by atoms with Crippen LogP contribution in [0.4, 0.5) is 0 Å². The van der Waals surface area contributed by atoms with E-state index in [-0.39, 0.29) is 0 Å². The largest absolute Gasteiger partial charge is 0.247 e. The van der Waals surface area contributed by atoms with Gasteiger partial charge in [0, 0.05) is 5.56 Å². The molecular weight excluding hydrogens is 284 g/mol. The number of nitrogens with zero attached hydrogens (tertiary/aromatic N) is 3. The van der Waals surface area contributed by atoms with Gasteiger partial charge in [-0.1, -0.05) is 67.6 Å². The zero-order valence-corrected chi connectivity index (χ0v) is 13.2. The highest BCUT2D eigenvalue weighted by atomic mass is 15.3. The molecule has 0 spiro atoms. The van der Waals surface area contributed by atoms with Crippen LogP contribution in [-0.4, -0.2) is 15.4 Å². The van der Waals surface area contributed by atoms with Gasteiger partial charge >= 0.3 is 0 Å². The van der Waals surface area contributed by atoms with Gasteiger partial charge in [-0.2, -0.15) is 5.26 Å². The highest BCUT2D eigenvalue weighted by Gasteiger charge is 2.09. The van der Waals surface area contributed by atoms with Gasteiger partial charge in [0.15, 0.2) is 5.69 Å². The van der Waals surface area contributed by atoms with Crippen LogP contribution in [0.3, 0.4) is 0 Å². The van der Waals surface area contributed by atoms with Crippen LogP contribution >= 0.6 is 0 Å². The first-order valence-electron chi connectivity index (χ1n) is 7.68. The summed E-state index contributed by atoms with van der Waals surface area (Å²) in [4.78, 5) is 0. The standard InChI is InChI=1S/C19H18N4/c1-13(2)11-14-3-5-15(6-4-14)16-7-9-17(10-8-16)19-18(12-20)21-23-22-19/h3-10,13H,11H2,1-2H3,(H,21,22,23). The van der Waals surface area contributed by atoms with Crippen LogP contribution in [0.25, 0.3) is 22.4 Å². The summed E-state index contributed by atoms with van der Waals surface area (Å²) in [5.74, 6) is 0.664. The lowest BCUT2D eigenvalue weighted by atomic mass is 9.98. The van der Waals surface area contributed by atoms with Crippen molar-refractivity contribution in [1.82, 2.24) is 15.4 Å². The zero-order chi connectivity index (χ0) is 16.2. The lowest BCUT2D eigenvalue weighted by Crippen LogP contribution is -1.93. The first kappa shape index (κ1) is 15.0. The predicted molar refractivity (Wildman–Crippen MR) is 90.5 cm³/mol. The van der Waals surface area contributed by atoms with E-state index < -0.39 is 0 Å². The minimum absolute atomic E-state index is 0.385. The van der Waals surface area contributed by atoms with Crippen molar-refractivity contribution in [2.45, 2.75) is 20.3 Å². The fraction of sp³-hybridized carbons (Fsp3) is 0.211. The number of nitriles is 1. The molecule has 2 aromatic carbocycles. The van der Waals surface area contributed by atoms with E-state index >= 15 is 0 Å². The van der Waals surface area contributed by atoms with Crippen molar-refractivity contribution in [3.63, 3.8) is 0 Å². The molecular formula is C19H18N4. The molecule has 0 fully saturated rings. The Bertz CT molecular complexity index is 821. The lowest BCUT2D eigenvalue weighted by Gasteiger charge is -2.07. The van der Waals surface area contributed by atoms with Crippen molar-refractivity contribution in [3.8, 4) is 28.5 Å². The molecule has 0 amide bonds. The first-order chi connectivity index (χ1) is 11.2. The molecule has 1 N–H and O–H groups in total. The summed E-state index contributed by atoms with van der Waals surface area (Å²) in [6.45, 7) is 4.46. The van der Waals surface area contributed by atoms with Crippen molar-refractivity contribution in [1.29, 1.82) is 5.26 Å². The Labute approximate surface area is 135 Å². The van der Waals surface area contributed by atoms with Crippen LogP contribution in [0.5, 0.6) is 0 Å². The van der Waals surface area contributed by atoms with Gasteiger partial charge in [0.05, 0.1) is 0 Å². The van der Waals surface area contributed by atoms with Crippen LogP contribution in [0.15, 0.2) is 48.5 Å². The van der Waals surface area contributed by atoms with Crippen LogP contribution in [0.1, 0.15) is 25.1 Å². The quantitative estimate of drug-likeness (QED) is 0.785. The highest BCUT2D eigenvalue weighted by Crippen LogP contribution is 2.25. The Kier molecular flexibility index (Phi) is 4.20. The molecule has 3 aromatic rings. The zero-order valence-electron chi connectivity index (χ0n) is 13.2. The normalized spacial score (nSPS) is 10.7. The second kappa shape index (κ2) is 6.45. The third-order valence-corrected chi connectivity index (χ3v) is 3.75. The second-order valence-corrected chi connectivity index (χ2v) is 6.02. The minimum atomic E-state index is 0.385. The summed E-state index contributed by atoms with van der Waals surface area (Å²) < 4.78 is 0. The molecule has 0 atom stereocenters. The second-order valence-electron chi connectivity index (χ2n) is 6.02. The number of rotatable bonds is 4. The monoisotopic (exact) mass is 302 g/mol. The molecule has 114 valence electrons. The van der Waals surface area contributed by atoms with Gasteiger partial charge in [0.1, 0.15) is 11.8 Å². The number of aromatic nitrogens is 3. The summed E-state index contributed by atoms with van der Waals surface area (Å²) in [7, 11) is 0. The third-order valence-electron chi connectivity index (χ3n) is 3.75. The molecule has 4 heteroatoms. The van der Waals surface area contributed by atoms with Gasteiger partial charge < -0.3 is 0 Å². The van der Waals surface area contributed by atoms with E-state index in [2.05, 4.69) is 59.6 Å². The van der Waals surface area contributed by atoms with Gasteiger partial charge in [-0.05, 0) is 29.0 Å². The molecule has 0 aliphatic carbocycles. The summed E-state index contributed by atoms with van der Waals surface area (Å²) in [5.41, 5.74) is 5.55. The molecule has 0 radical (unpaired) electrons. The molecule has 0 bridgehead atoms. The van der Waals surface area contributed by atoms with E-state index in [0.717, 1.165) is 17.5 Å². The molecule has 0 saturated heterocycles. The van der Waals surface area contributed by atoms with Gasteiger partial charge in [-0.3, -0.25) is 0 Å². The van der Waals surface area contributed by atoms with Gasteiger partial charge in [-0.25, -0.2) is 5.10 Å². The predicted octanol–water partition coefficient (Wildman–Crippen LogP) is 4.21. The molecule has 3 rings (SSSR count). The molecule has 1 heterocycles. The van der Waals surface area contributed by atoms with E-state index in [1.807, 2.05) is 24.3 Å². The van der Waals surface area contributed by atoms with Gasteiger partial charge in [0.25, 0.3) is 0 Å². The molecule has 23 heavy (non-hydrogen) atoms. The topological polar surface area (TPSA) is 65.4 Å². The number of aromatic amines is 1. The third kappa shape index (κ3) is 3.29. The van der Waals surface area contributed by atoms with Crippen molar-refractivity contribution in [2.75, 3.05) is 0 Å². The minimum Gasteiger partial charge on any atom is -0.247 e. The number of H-pyrrole nitrogens is 1.